The van der Waals surface area contributed by atoms with Crippen molar-refractivity contribution >= 4 is 5.91 Å². The van der Waals surface area contributed by atoms with Crippen LogP contribution in [-0.4, -0.2) is 23.7 Å². The van der Waals surface area contributed by atoms with Crippen molar-refractivity contribution in [1.29, 1.82) is 0 Å². The van der Waals surface area contributed by atoms with Gasteiger partial charge in [0.2, 0.25) is 5.91 Å². The van der Waals surface area contributed by atoms with E-state index in [-0.39, 0.29) is 29.9 Å². The normalized spacial score (nSPS) is 25.3. The molecule has 3 heteroatoms. The van der Waals surface area contributed by atoms with Crippen LogP contribution in [0.15, 0.2) is 0 Å². The van der Waals surface area contributed by atoms with E-state index in [1.165, 1.54) is 12.8 Å². The van der Waals surface area contributed by atoms with Crippen molar-refractivity contribution in [2.24, 2.45) is 11.3 Å². The van der Waals surface area contributed by atoms with Crippen LogP contribution in [0.3, 0.4) is 0 Å². The van der Waals surface area contributed by atoms with E-state index in [9.17, 15) is 4.79 Å². The summed E-state index contributed by atoms with van der Waals surface area (Å²) in [7, 11) is 0. The lowest BCUT2D eigenvalue weighted by atomic mass is 9.68. The van der Waals surface area contributed by atoms with Crippen LogP contribution in [-0.2, 0) is 4.79 Å². The van der Waals surface area contributed by atoms with Gasteiger partial charge in [-0.25, -0.2) is 0 Å². The summed E-state index contributed by atoms with van der Waals surface area (Å²) in [5.41, 5.74) is 0.138. The SMILES string of the molecule is CC(CCCO)NC(=O)C1CCCCC1(C)C. The Kier molecular flexibility index (Phi) is 5.44. The molecule has 1 amide bonds. The second-order valence-electron chi connectivity index (χ2n) is 6.06. The summed E-state index contributed by atoms with van der Waals surface area (Å²) in [6.07, 6.45) is 6.20. The number of aliphatic hydroxyl groups is 1. The molecule has 0 radical (unpaired) electrons. The fraction of sp³-hybridized carbons (Fsp3) is 0.929. The van der Waals surface area contributed by atoms with Crippen LogP contribution < -0.4 is 5.32 Å². The van der Waals surface area contributed by atoms with Crippen molar-refractivity contribution in [3.8, 4) is 0 Å². The lowest BCUT2D eigenvalue weighted by Crippen LogP contribution is -2.44. The first kappa shape index (κ1) is 14.5. The average Bonchev–Trinajstić information content (AvgIpc) is 2.25. The quantitative estimate of drug-likeness (QED) is 0.777. The predicted octanol–water partition coefficient (Wildman–Crippen LogP) is 2.48. The third-order valence-corrected chi connectivity index (χ3v) is 4.01. The molecule has 2 N–H and O–H groups in total. The fourth-order valence-corrected chi connectivity index (χ4v) is 2.79. The van der Waals surface area contributed by atoms with Crippen LogP contribution in [0.5, 0.6) is 0 Å². The molecule has 100 valence electrons. The monoisotopic (exact) mass is 241 g/mol. The van der Waals surface area contributed by atoms with Crippen LogP contribution >= 0.6 is 0 Å². The van der Waals surface area contributed by atoms with E-state index in [4.69, 9.17) is 5.11 Å². The molecule has 2 atom stereocenters. The van der Waals surface area contributed by atoms with Gasteiger partial charge in [0.25, 0.3) is 0 Å². The Morgan fingerprint density at radius 3 is 2.76 bits per heavy atom. The summed E-state index contributed by atoms with van der Waals surface area (Å²) >= 11 is 0. The molecule has 0 spiro atoms. The topological polar surface area (TPSA) is 49.3 Å². The van der Waals surface area contributed by atoms with Gasteiger partial charge in [0.1, 0.15) is 0 Å². The van der Waals surface area contributed by atoms with E-state index in [0.29, 0.717) is 0 Å². The molecule has 0 bridgehead atoms. The maximum Gasteiger partial charge on any atom is 0.223 e. The van der Waals surface area contributed by atoms with Gasteiger partial charge in [0.05, 0.1) is 0 Å². The molecule has 0 saturated heterocycles. The summed E-state index contributed by atoms with van der Waals surface area (Å²) in [6, 6.07) is 0.173. The summed E-state index contributed by atoms with van der Waals surface area (Å²) in [5.74, 6) is 0.368. The van der Waals surface area contributed by atoms with Crippen LogP contribution in [0.25, 0.3) is 0 Å². The molecule has 0 aromatic carbocycles. The highest BCUT2D eigenvalue weighted by molar-refractivity contribution is 5.79. The molecular weight excluding hydrogens is 214 g/mol. The standard InChI is InChI=1S/C14H27NO2/c1-11(7-6-10-16)15-13(17)12-8-4-5-9-14(12,2)3/h11-12,16H,4-10H2,1-3H3,(H,15,17). The Hall–Kier alpha value is -0.570. The van der Waals surface area contributed by atoms with Gasteiger partial charge in [-0.1, -0.05) is 26.7 Å². The third-order valence-electron chi connectivity index (χ3n) is 4.01. The highest BCUT2D eigenvalue weighted by atomic mass is 16.2. The number of hydrogen-bond acceptors (Lipinski definition) is 2. The van der Waals surface area contributed by atoms with E-state index in [1.54, 1.807) is 0 Å². The molecule has 0 aromatic rings. The number of aliphatic hydroxyl groups excluding tert-OH is 1. The Morgan fingerprint density at radius 2 is 2.18 bits per heavy atom. The van der Waals surface area contributed by atoms with Gasteiger partial charge in [-0.15, -0.1) is 0 Å². The first-order chi connectivity index (χ1) is 7.97. The Bertz CT molecular complexity index is 251. The summed E-state index contributed by atoms with van der Waals surface area (Å²) in [5, 5.41) is 11.9. The van der Waals surface area contributed by atoms with E-state index in [2.05, 4.69) is 19.2 Å². The maximum absolute atomic E-state index is 12.2. The highest BCUT2D eigenvalue weighted by Crippen LogP contribution is 2.40. The molecule has 0 heterocycles. The Balaban J connectivity index is 2.45. The summed E-state index contributed by atoms with van der Waals surface area (Å²) in [4.78, 5) is 12.2. The predicted molar refractivity (Wildman–Crippen MR) is 69.7 cm³/mol. The molecule has 17 heavy (non-hydrogen) atoms. The lowest BCUT2D eigenvalue weighted by molar-refractivity contribution is -0.130. The number of carbonyl (C=O) groups excluding carboxylic acids is 1. The second kappa shape index (κ2) is 6.39. The minimum atomic E-state index is 0.138. The van der Waals surface area contributed by atoms with Crippen LogP contribution in [0.1, 0.15) is 59.3 Å². The number of nitrogens with one attached hydrogen (secondary N) is 1. The van der Waals surface area contributed by atoms with E-state index < -0.39 is 0 Å². The lowest BCUT2D eigenvalue weighted by Gasteiger charge is -2.38. The van der Waals surface area contributed by atoms with E-state index in [1.807, 2.05) is 6.92 Å². The fourth-order valence-electron chi connectivity index (χ4n) is 2.79. The number of amides is 1. The molecule has 0 aromatic heterocycles. The maximum atomic E-state index is 12.2. The minimum absolute atomic E-state index is 0.138. The zero-order valence-corrected chi connectivity index (χ0v) is 11.5. The molecule has 3 nitrogen and oxygen atoms in total. The molecule has 1 aliphatic rings. The van der Waals surface area contributed by atoms with Crippen molar-refractivity contribution < 1.29 is 9.90 Å². The third kappa shape index (κ3) is 4.30. The Morgan fingerprint density at radius 1 is 1.47 bits per heavy atom. The molecule has 0 aliphatic heterocycles. The van der Waals surface area contributed by atoms with Gasteiger partial charge in [-0.3, -0.25) is 4.79 Å². The van der Waals surface area contributed by atoms with Gasteiger partial charge in [0.15, 0.2) is 0 Å². The first-order valence-corrected chi connectivity index (χ1v) is 6.88. The smallest absolute Gasteiger partial charge is 0.223 e. The highest BCUT2D eigenvalue weighted by Gasteiger charge is 2.37. The van der Waals surface area contributed by atoms with E-state index in [0.717, 1.165) is 25.7 Å². The summed E-state index contributed by atoms with van der Waals surface area (Å²) < 4.78 is 0. The van der Waals surface area contributed by atoms with Crippen molar-refractivity contribution in [3.05, 3.63) is 0 Å². The van der Waals surface area contributed by atoms with Crippen LogP contribution in [0.2, 0.25) is 0 Å². The van der Waals surface area contributed by atoms with Crippen LogP contribution in [0, 0.1) is 11.3 Å². The molecular formula is C14H27NO2. The largest absolute Gasteiger partial charge is 0.396 e. The van der Waals surface area contributed by atoms with E-state index >= 15 is 0 Å². The van der Waals surface area contributed by atoms with Crippen LogP contribution in [0.4, 0.5) is 0 Å². The van der Waals surface area contributed by atoms with Gasteiger partial charge in [-0.2, -0.15) is 0 Å². The van der Waals surface area contributed by atoms with Gasteiger partial charge in [-0.05, 0) is 38.0 Å². The average molecular weight is 241 g/mol. The molecule has 1 fully saturated rings. The summed E-state index contributed by atoms with van der Waals surface area (Å²) in [6.45, 7) is 6.63. The number of rotatable bonds is 5. The number of hydrogen-bond donors (Lipinski definition) is 2. The molecule has 1 saturated carbocycles. The minimum Gasteiger partial charge on any atom is -0.396 e. The Labute approximate surface area is 105 Å². The van der Waals surface area contributed by atoms with Gasteiger partial charge < -0.3 is 10.4 Å². The van der Waals surface area contributed by atoms with Crippen molar-refractivity contribution in [1.82, 2.24) is 5.32 Å². The van der Waals surface area contributed by atoms with Gasteiger partial charge >= 0.3 is 0 Å². The zero-order valence-electron chi connectivity index (χ0n) is 11.5. The van der Waals surface area contributed by atoms with Gasteiger partial charge in [0, 0.05) is 18.6 Å². The zero-order chi connectivity index (χ0) is 12.9. The van der Waals surface area contributed by atoms with Crippen molar-refractivity contribution in [2.45, 2.75) is 65.3 Å². The van der Waals surface area contributed by atoms with Crippen molar-refractivity contribution in [2.75, 3.05) is 6.61 Å². The first-order valence-electron chi connectivity index (χ1n) is 6.88. The van der Waals surface area contributed by atoms with Crippen molar-refractivity contribution in [3.63, 3.8) is 0 Å². The molecule has 1 aliphatic carbocycles. The molecule has 2 unspecified atom stereocenters. The number of carbonyl (C=O) groups is 1. The molecule has 1 rings (SSSR count). The second-order valence-corrected chi connectivity index (χ2v) is 6.06.